The minimum Gasteiger partial charge on any atom is -0.430 e. The third kappa shape index (κ3) is 2.69. The zero-order valence-electron chi connectivity index (χ0n) is 15.3. The molecule has 0 saturated carbocycles. The van der Waals surface area contributed by atoms with Gasteiger partial charge in [-0.1, -0.05) is 0 Å². The van der Waals surface area contributed by atoms with E-state index in [1.54, 1.807) is 6.20 Å². The van der Waals surface area contributed by atoms with E-state index in [1.165, 1.54) is 18.3 Å². The Bertz CT molecular complexity index is 1030. The lowest BCUT2D eigenvalue weighted by atomic mass is 9.80. The molecule has 0 amide bonds. The summed E-state index contributed by atoms with van der Waals surface area (Å²) in [5, 5.41) is 0.735. The van der Waals surface area contributed by atoms with E-state index in [4.69, 9.17) is 14.5 Å². The number of ketones is 1. The van der Waals surface area contributed by atoms with Gasteiger partial charge in [-0.05, 0) is 47.8 Å². The van der Waals surface area contributed by atoms with E-state index in [1.807, 2.05) is 19.1 Å². The molecule has 0 N–H and O–H groups in total. The molecule has 0 spiro atoms. The number of aromatic nitrogens is 2. The topological polar surface area (TPSA) is 78.4 Å². The summed E-state index contributed by atoms with van der Waals surface area (Å²) in [6, 6.07) is 3.79. The van der Waals surface area contributed by atoms with Gasteiger partial charge in [0.25, 0.3) is 0 Å². The van der Waals surface area contributed by atoms with Gasteiger partial charge in [0.2, 0.25) is 0 Å². The van der Waals surface area contributed by atoms with Crippen LogP contribution in [0.15, 0.2) is 28.6 Å². The van der Waals surface area contributed by atoms with Gasteiger partial charge in [0, 0.05) is 22.5 Å². The Balaban J connectivity index is 1.62. The largest absolute Gasteiger partial charge is 0.430 e. The first kappa shape index (κ1) is 18.1. The third-order valence-electron chi connectivity index (χ3n) is 5.61. The van der Waals surface area contributed by atoms with Crippen molar-refractivity contribution in [1.82, 2.24) is 9.97 Å². The molecule has 28 heavy (non-hydrogen) atoms. The van der Waals surface area contributed by atoms with E-state index in [0.717, 1.165) is 32.9 Å². The van der Waals surface area contributed by atoms with Crippen LogP contribution in [0.25, 0.3) is 16.3 Å². The lowest BCUT2D eigenvalue weighted by Crippen LogP contribution is -2.29. The number of allylic oxidation sites excluding steroid dienone is 1. The van der Waals surface area contributed by atoms with Crippen molar-refractivity contribution in [1.29, 1.82) is 0 Å². The zero-order chi connectivity index (χ0) is 19.6. The molecule has 0 aromatic carbocycles. The van der Waals surface area contributed by atoms with E-state index in [2.05, 4.69) is 20.9 Å². The highest BCUT2D eigenvalue weighted by Crippen LogP contribution is 2.55. The Labute approximate surface area is 174 Å². The first-order valence-corrected chi connectivity index (χ1v) is 10.8. The van der Waals surface area contributed by atoms with Crippen LogP contribution in [0.1, 0.15) is 30.3 Å². The number of esters is 1. The van der Waals surface area contributed by atoms with E-state index >= 15 is 0 Å². The van der Waals surface area contributed by atoms with Gasteiger partial charge in [-0.2, -0.15) is 0 Å². The molecule has 5 rings (SSSR count). The average molecular weight is 461 g/mol. The van der Waals surface area contributed by atoms with Gasteiger partial charge in [-0.15, -0.1) is 11.3 Å². The smallest absolute Gasteiger partial charge is 0.307 e. The SMILES string of the molecule is CC(=O)OC1=C(c2nc(-c3ccc(Br)cn3)sc2C)C(=O)[C@@H]2C3CCC(O3)[C@H]12. The number of hydrogen-bond acceptors (Lipinski definition) is 7. The third-order valence-corrected chi connectivity index (χ3v) is 7.07. The number of hydrogen-bond donors (Lipinski definition) is 0. The van der Waals surface area contributed by atoms with Crippen molar-refractivity contribution in [2.24, 2.45) is 11.8 Å². The normalized spacial score (nSPS) is 28.2. The number of thiazole rings is 1. The van der Waals surface area contributed by atoms with Crippen LogP contribution in [0, 0.1) is 18.8 Å². The Morgan fingerprint density at radius 3 is 2.71 bits per heavy atom. The molecule has 2 fully saturated rings. The number of carbonyl (C=O) groups is 2. The number of Topliss-reactive ketones (excluding diaryl/α,β-unsaturated/α-hetero) is 1. The van der Waals surface area contributed by atoms with Crippen LogP contribution in [-0.2, 0) is 19.1 Å². The van der Waals surface area contributed by atoms with Gasteiger partial charge in [0.1, 0.15) is 10.8 Å². The van der Waals surface area contributed by atoms with Crippen LogP contribution in [0.2, 0.25) is 0 Å². The van der Waals surface area contributed by atoms with Crippen molar-refractivity contribution in [2.45, 2.75) is 38.9 Å². The highest BCUT2D eigenvalue weighted by atomic mass is 79.9. The van der Waals surface area contributed by atoms with Crippen LogP contribution in [0.5, 0.6) is 0 Å². The highest BCUT2D eigenvalue weighted by Gasteiger charge is 2.60. The second-order valence-electron chi connectivity index (χ2n) is 7.32. The van der Waals surface area contributed by atoms with Gasteiger partial charge in [-0.3, -0.25) is 14.6 Å². The van der Waals surface area contributed by atoms with Crippen LogP contribution < -0.4 is 0 Å². The predicted octanol–water partition coefficient (Wildman–Crippen LogP) is 3.93. The summed E-state index contributed by atoms with van der Waals surface area (Å²) in [6.45, 7) is 3.29. The van der Waals surface area contributed by atoms with Crippen molar-refractivity contribution < 1.29 is 19.1 Å². The highest BCUT2D eigenvalue weighted by molar-refractivity contribution is 9.10. The molecule has 2 bridgehead atoms. The van der Waals surface area contributed by atoms with Gasteiger partial charge >= 0.3 is 5.97 Å². The second kappa shape index (κ2) is 6.57. The first-order valence-electron chi connectivity index (χ1n) is 9.16. The predicted molar refractivity (Wildman–Crippen MR) is 106 cm³/mol. The molecule has 6 nitrogen and oxygen atoms in total. The maximum atomic E-state index is 13.3. The van der Waals surface area contributed by atoms with Crippen LogP contribution in [0.3, 0.4) is 0 Å². The van der Waals surface area contributed by atoms with Crippen LogP contribution in [-0.4, -0.2) is 33.9 Å². The monoisotopic (exact) mass is 460 g/mol. The molecule has 4 atom stereocenters. The minimum absolute atomic E-state index is 0.0165. The number of carbonyl (C=O) groups excluding carboxylic acids is 2. The van der Waals surface area contributed by atoms with Crippen molar-refractivity contribution >= 4 is 44.6 Å². The minimum atomic E-state index is -0.425. The van der Waals surface area contributed by atoms with Gasteiger partial charge < -0.3 is 9.47 Å². The number of nitrogens with zero attached hydrogens (tertiary/aromatic N) is 2. The molecule has 144 valence electrons. The van der Waals surface area contributed by atoms with E-state index in [0.29, 0.717) is 17.0 Å². The van der Waals surface area contributed by atoms with Crippen molar-refractivity contribution in [2.75, 3.05) is 0 Å². The number of halogens is 1. The summed E-state index contributed by atoms with van der Waals surface area (Å²) < 4.78 is 12.4. The number of fused-ring (bicyclic) bond motifs is 5. The van der Waals surface area contributed by atoms with E-state index in [-0.39, 0.29) is 29.8 Å². The molecule has 4 heterocycles. The Hall–Kier alpha value is -1.90. The quantitative estimate of drug-likeness (QED) is 0.645. The number of ether oxygens (including phenoxy) is 2. The summed E-state index contributed by atoms with van der Waals surface area (Å²) in [7, 11) is 0. The number of pyridine rings is 1. The summed E-state index contributed by atoms with van der Waals surface area (Å²) >= 11 is 4.86. The van der Waals surface area contributed by atoms with Crippen molar-refractivity contribution in [3.05, 3.63) is 39.1 Å². The fourth-order valence-electron chi connectivity index (χ4n) is 4.55. The van der Waals surface area contributed by atoms with E-state index < -0.39 is 5.97 Å². The van der Waals surface area contributed by atoms with Crippen LogP contribution in [0.4, 0.5) is 0 Å². The Morgan fingerprint density at radius 1 is 1.29 bits per heavy atom. The molecule has 2 aromatic heterocycles. The zero-order valence-corrected chi connectivity index (χ0v) is 17.7. The molecule has 3 aliphatic rings. The lowest BCUT2D eigenvalue weighted by molar-refractivity contribution is -0.138. The fraction of sp³-hybridized carbons (Fsp3) is 0.400. The maximum absolute atomic E-state index is 13.3. The molecule has 2 aromatic rings. The fourth-order valence-corrected chi connectivity index (χ4v) is 5.68. The van der Waals surface area contributed by atoms with Crippen LogP contribution >= 0.6 is 27.3 Å². The van der Waals surface area contributed by atoms with Gasteiger partial charge in [0.05, 0.1) is 41.0 Å². The Morgan fingerprint density at radius 2 is 2.04 bits per heavy atom. The lowest BCUT2D eigenvalue weighted by Gasteiger charge is -2.21. The Kier molecular flexibility index (Phi) is 4.26. The number of aryl methyl sites for hydroxylation is 1. The maximum Gasteiger partial charge on any atom is 0.307 e. The van der Waals surface area contributed by atoms with Gasteiger partial charge in [0.15, 0.2) is 5.78 Å². The second-order valence-corrected chi connectivity index (χ2v) is 9.44. The van der Waals surface area contributed by atoms with Gasteiger partial charge in [-0.25, -0.2) is 4.98 Å². The number of rotatable bonds is 3. The van der Waals surface area contributed by atoms with Crippen molar-refractivity contribution in [3.63, 3.8) is 0 Å². The molecule has 2 unspecified atom stereocenters. The van der Waals surface area contributed by atoms with E-state index in [9.17, 15) is 9.59 Å². The summed E-state index contributed by atoms with van der Waals surface area (Å²) in [6.07, 6.45) is 3.34. The molecule has 0 radical (unpaired) electrons. The standard InChI is InChI=1S/C20H17BrN2O4S/c1-8-17(23-20(28-8)11-4-3-10(21)7-22-11)16-18(25)14-12-5-6-13(27-12)15(14)19(16)26-9(2)24/h3-4,7,12-15H,5-6H2,1-2H3/t12?,13?,14-,15+/m1/s1. The molecule has 2 aliphatic heterocycles. The first-order chi connectivity index (χ1) is 13.4. The molecular formula is C20H17BrN2O4S. The summed E-state index contributed by atoms with van der Waals surface area (Å²) in [5.74, 6) is -0.444. The molecular weight excluding hydrogens is 444 g/mol. The molecule has 2 saturated heterocycles. The summed E-state index contributed by atoms with van der Waals surface area (Å²) in [5.41, 5.74) is 1.79. The summed E-state index contributed by atoms with van der Waals surface area (Å²) in [4.78, 5) is 35.1. The van der Waals surface area contributed by atoms with Crippen molar-refractivity contribution in [3.8, 4) is 10.7 Å². The molecule has 8 heteroatoms. The average Bonchev–Trinajstić information content (AvgIpc) is 3.39. The molecule has 1 aliphatic carbocycles.